The van der Waals surface area contributed by atoms with Crippen LogP contribution in [0.4, 0.5) is 5.69 Å². The molecule has 0 fully saturated rings. The van der Waals surface area contributed by atoms with Crippen LogP contribution in [-0.4, -0.2) is 64.7 Å². The third kappa shape index (κ3) is 9.26. The Morgan fingerprint density at radius 1 is 0.953 bits per heavy atom. The molecule has 3 rings (SSSR count). The standard InChI is InChI=1S/C31H37Cl2N3O6S/c1-5-6-17-34-31(38)28(18-22-11-8-7-9-12-22)35(20-24-25(32)13-10-14-26(24)33)30(37)21-36(43(4,39)40)27-16-15-23(41-2)19-29(27)42-3/h7-16,19,28H,5-6,17-18,20-21H2,1-4H3,(H,34,38)/t28-/m0/s1. The Kier molecular flexibility index (Phi) is 12.5. The summed E-state index contributed by atoms with van der Waals surface area (Å²) in [5.41, 5.74) is 1.39. The molecular formula is C31H37Cl2N3O6S. The largest absolute Gasteiger partial charge is 0.497 e. The first-order valence-electron chi connectivity index (χ1n) is 13.7. The van der Waals surface area contributed by atoms with Gasteiger partial charge in [0.2, 0.25) is 21.8 Å². The smallest absolute Gasteiger partial charge is 0.244 e. The maximum absolute atomic E-state index is 14.3. The highest BCUT2D eigenvalue weighted by Gasteiger charge is 2.34. The summed E-state index contributed by atoms with van der Waals surface area (Å²) >= 11 is 13.0. The topological polar surface area (TPSA) is 105 Å². The zero-order valence-electron chi connectivity index (χ0n) is 24.7. The van der Waals surface area contributed by atoms with Gasteiger partial charge in [-0.3, -0.25) is 13.9 Å². The van der Waals surface area contributed by atoms with Gasteiger partial charge in [0.15, 0.2) is 0 Å². The van der Waals surface area contributed by atoms with Gasteiger partial charge in [-0.05, 0) is 36.2 Å². The molecular weight excluding hydrogens is 613 g/mol. The van der Waals surface area contributed by atoms with Crippen LogP contribution >= 0.6 is 23.2 Å². The normalized spacial score (nSPS) is 11.9. The number of rotatable bonds is 15. The molecule has 0 aromatic heterocycles. The minimum atomic E-state index is -4.00. The van der Waals surface area contributed by atoms with Crippen molar-refractivity contribution in [2.75, 3.05) is 37.9 Å². The summed E-state index contributed by atoms with van der Waals surface area (Å²) in [5.74, 6) is -0.369. The number of methoxy groups -OCH3 is 2. The van der Waals surface area contributed by atoms with Gasteiger partial charge in [0, 0.05) is 41.2 Å². The Morgan fingerprint density at radius 3 is 2.21 bits per heavy atom. The molecule has 3 aromatic rings. The van der Waals surface area contributed by atoms with Crippen LogP contribution in [0.25, 0.3) is 0 Å². The van der Waals surface area contributed by atoms with E-state index in [1.165, 1.54) is 31.3 Å². The number of halogens is 2. The van der Waals surface area contributed by atoms with Crippen molar-refractivity contribution in [3.8, 4) is 11.5 Å². The van der Waals surface area contributed by atoms with Crippen molar-refractivity contribution < 1.29 is 27.5 Å². The molecule has 0 aliphatic carbocycles. The molecule has 0 bridgehead atoms. The van der Waals surface area contributed by atoms with Gasteiger partial charge in [-0.15, -0.1) is 0 Å². The number of hydrogen-bond donors (Lipinski definition) is 1. The molecule has 43 heavy (non-hydrogen) atoms. The number of amides is 2. The summed E-state index contributed by atoms with van der Waals surface area (Å²) in [6.45, 7) is 1.69. The molecule has 1 N–H and O–H groups in total. The minimum Gasteiger partial charge on any atom is -0.497 e. The maximum Gasteiger partial charge on any atom is 0.244 e. The van der Waals surface area contributed by atoms with Crippen LogP contribution in [0, 0.1) is 0 Å². The van der Waals surface area contributed by atoms with Gasteiger partial charge in [-0.25, -0.2) is 8.42 Å². The van der Waals surface area contributed by atoms with Crippen LogP contribution in [0.5, 0.6) is 11.5 Å². The molecule has 0 unspecified atom stereocenters. The summed E-state index contributed by atoms with van der Waals surface area (Å²) in [6.07, 6.45) is 2.80. The number of carbonyl (C=O) groups is 2. The lowest BCUT2D eigenvalue weighted by Crippen LogP contribution is -2.53. The molecule has 1 atom stereocenters. The van der Waals surface area contributed by atoms with E-state index in [-0.39, 0.29) is 30.3 Å². The second-order valence-electron chi connectivity index (χ2n) is 9.88. The van der Waals surface area contributed by atoms with E-state index in [0.717, 1.165) is 29.0 Å². The van der Waals surface area contributed by atoms with Crippen LogP contribution in [0.3, 0.4) is 0 Å². The lowest BCUT2D eigenvalue weighted by Gasteiger charge is -2.34. The first-order chi connectivity index (χ1) is 20.5. The molecule has 232 valence electrons. The molecule has 0 saturated heterocycles. The molecule has 0 heterocycles. The number of carbonyl (C=O) groups excluding carboxylic acids is 2. The summed E-state index contributed by atoms with van der Waals surface area (Å²) in [7, 11) is -1.13. The van der Waals surface area contributed by atoms with Gasteiger partial charge < -0.3 is 19.7 Å². The molecule has 0 saturated carbocycles. The monoisotopic (exact) mass is 649 g/mol. The van der Waals surface area contributed by atoms with Gasteiger partial charge in [-0.1, -0.05) is 72.9 Å². The van der Waals surface area contributed by atoms with E-state index in [2.05, 4.69) is 5.32 Å². The van der Waals surface area contributed by atoms with Crippen molar-refractivity contribution in [1.29, 1.82) is 0 Å². The third-order valence-electron chi connectivity index (χ3n) is 6.83. The number of sulfonamides is 1. The molecule has 9 nitrogen and oxygen atoms in total. The van der Waals surface area contributed by atoms with Crippen LogP contribution in [-0.2, 0) is 32.6 Å². The fourth-order valence-corrected chi connectivity index (χ4v) is 5.87. The van der Waals surface area contributed by atoms with Crippen LogP contribution in [0.2, 0.25) is 10.0 Å². The fourth-order valence-electron chi connectivity index (χ4n) is 4.50. The highest BCUT2D eigenvalue weighted by molar-refractivity contribution is 7.92. The van der Waals surface area contributed by atoms with Gasteiger partial charge in [0.1, 0.15) is 24.1 Å². The van der Waals surface area contributed by atoms with E-state index < -0.39 is 28.5 Å². The zero-order chi connectivity index (χ0) is 31.6. The van der Waals surface area contributed by atoms with Crippen molar-refractivity contribution in [2.24, 2.45) is 0 Å². The minimum absolute atomic E-state index is 0.132. The maximum atomic E-state index is 14.3. The zero-order valence-corrected chi connectivity index (χ0v) is 27.0. The highest BCUT2D eigenvalue weighted by Crippen LogP contribution is 2.34. The Hall–Kier alpha value is -3.47. The molecule has 12 heteroatoms. The number of anilines is 1. The molecule has 0 spiro atoms. The van der Waals surface area contributed by atoms with Gasteiger partial charge in [0.05, 0.1) is 26.2 Å². The van der Waals surface area contributed by atoms with Gasteiger partial charge in [0.25, 0.3) is 0 Å². The van der Waals surface area contributed by atoms with Crippen molar-refractivity contribution in [3.05, 3.63) is 87.9 Å². The lowest BCUT2D eigenvalue weighted by atomic mass is 10.0. The Morgan fingerprint density at radius 2 is 1.63 bits per heavy atom. The van der Waals surface area contributed by atoms with E-state index in [4.69, 9.17) is 32.7 Å². The van der Waals surface area contributed by atoms with E-state index >= 15 is 0 Å². The first-order valence-corrected chi connectivity index (χ1v) is 16.3. The Labute approximate surface area is 263 Å². The van der Waals surface area contributed by atoms with Crippen LogP contribution in [0.1, 0.15) is 30.9 Å². The Balaban J connectivity index is 2.12. The SMILES string of the molecule is CCCCNC(=O)[C@H](Cc1ccccc1)N(Cc1c(Cl)cccc1Cl)C(=O)CN(c1ccc(OC)cc1OC)S(C)(=O)=O. The number of ether oxygens (including phenoxy) is 2. The number of unbranched alkanes of at least 4 members (excludes halogenated alkanes) is 1. The molecule has 0 aliphatic rings. The third-order valence-corrected chi connectivity index (χ3v) is 8.66. The van der Waals surface area contributed by atoms with E-state index in [9.17, 15) is 18.0 Å². The number of benzene rings is 3. The quantitative estimate of drug-likeness (QED) is 0.223. The average Bonchev–Trinajstić information content (AvgIpc) is 2.98. The summed E-state index contributed by atoms with van der Waals surface area (Å²) < 4.78 is 37.8. The van der Waals surface area contributed by atoms with Crippen molar-refractivity contribution in [1.82, 2.24) is 10.2 Å². The summed E-state index contributed by atoms with van der Waals surface area (Å²) in [4.78, 5) is 29.3. The Bertz CT molecular complexity index is 1480. The molecule has 0 radical (unpaired) electrons. The van der Waals surface area contributed by atoms with Crippen molar-refractivity contribution in [3.63, 3.8) is 0 Å². The highest BCUT2D eigenvalue weighted by atomic mass is 35.5. The average molecular weight is 651 g/mol. The number of nitrogens with one attached hydrogen (secondary N) is 1. The molecule has 2 amide bonds. The fraction of sp³-hybridized carbons (Fsp3) is 0.355. The first kappa shape index (κ1) is 34.0. The van der Waals surface area contributed by atoms with Crippen molar-refractivity contribution in [2.45, 2.75) is 38.8 Å². The van der Waals surface area contributed by atoms with Crippen molar-refractivity contribution >= 4 is 50.7 Å². The second-order valence-corrected chi connectivity index (χ2v) is 12.6. The predicted octanol–water partition coefficient (Wildman–Crippen LogP) is 5.33. The lowest BCUT2D eigenvalue weighted by molar-refractivity contribution is -0.140. The van der Waals surface area contributed by atoms with E-state index in [1.54, 1.807) is 24.3 Å². The van der Waals surface area contributed by atoms with Crippen LogP contribution < -0.4 is 19.1 Å². The molecule has 0 aliphatic heterocycles. The summed E-state index contributed by atoms with van der Waals surface area (Å²) in [5, 5.41) is 3.56. The number of hydrogen-bond acceptors (Lipinski definition) is 6. The van der Waals surface area contributed by atoms with E-state index in [1.807, 2.05) is 37.3 Å². The predicted molar refractivity (Wildman–Crippen MR) is 171 cm³/mol. The second kappa shape index (κ2) is 15.8. The van der Waals surface area contributed by atoms with Crippen LogP contribution in [0.15, 0.2) is 66.7 Å². The van der Waals surface area contributed by atoms with Gasteiger partial charge >= 0.3 is 0 Å². The summed E-state index contributed by atoms with van der Waals surface area (Å²) in [6, 6.07) is 17.8. The molecule has 3 aromatic carbocycles. The van der Waals surface area contributed by atoms with Gasteiger partial charge in [-0.2, -0.15) is 0 Å². The van der Waals surface area contributed by atoms with E-state index in [0.29, 0.717) is 27.9 Å². The number of nitrogens with zero attached hydrogens (tertiary/aromatic N) is 2.